The first-order valence-electron chi connectivity index (χ1n) is 11.9. The molecule has 5 rings (SSSR count). The molecule has 3 aromatic carbocycles. The van der Waals surface area contributed by atoms with Crippen LogP contribution in [0.4, 0.5) is 11.4 Å². The number of pyridine rings is 1. The Bertz CT molecular complexity index is 1270. The van der Waals surface area contributed by atoms with Crippen molar-refractivity contribution in [1.82, 2.24) is 9.88 Å². The summed E-state index contributed by atoms with van der Waals surface area (Å²) in [5.74, 6) is 1.24. The van der Waals surface area contributed by atoms with Gasteiger partial charge >= 0.3 is 0 Å². The number of nitrogens with one attached hydrogen (secondary N) is 1. The summed E-state index contributed by atoms with van der Waals surface area (Å²) in [6.07, 6.45) is 3.68. The van der Waals surface area contributed by atoms with E-state index in [9.17, 15) is 4.79 Å². The number of piperazine rings is 1. The van der Waals surface area contributed by atoms with Crippen LogP contribution in [-0.2, 0) is 6.54 Å². The number of benzene rings is 3. The molecule has 1 N–H and O–H groups in total. The average molecular weight is 499 g/mol. The van der Waals surface area contributed by atoms with E-state index in [0.717, 1.165) is 32.7 Å². The predicted molar refractivity (Wildman–Crippen MR) is 144 cm³/mol. The zero-order valence-electron chi connectivity index (χ0n) is 19.8. The Balaban J connectivity index is 1.11. The largest absolute Gasteiger partial charge is 0.457 e. The van der Waals surface area contributed by atoms with Gasteiger partial charge in [0.2, 0.25) is 0 Å². The van der Waals surface area contributed by atoms with E-state index in [2.05, 4.69) is 32.2 Å². The Morgan fingerprint density at radius 2 is 1.42 bits per heavy atom. The Hall–Kier alpha value is -3.87. The van der Waals surface area contributed by atoms with E-state index in [-0.39, 0.29) is 5.91 Å². The van der Waals surface area contributed by atoms with E-state index >= 15 is 0 Å². The average Bonchev–Trinajstić information content (AvgIpc) is 2.92. The number of amides is 1. The summed E-state index contributed by atoms with van der Waals surface area (Å²) in [5.41, 5.74) is 3.76. The maximum atomic E-state index is 12.7. The molecular weight excluding hydrogens is 472 g/mol. The molecule has 0 bridgehead atoms. The van der Waals surface area contributed by atoms with Crippen LogP contribution in [0, 0.1) is 0 Å². The van der Waals surface area contributed by atoms with Gasteiger partial charge in [0.05, 0.1) is 0 Å². The molecule has 1 amide bonds. The molecule has 1 aliphatic heterocycles. The van der Waals surface area contributed by atoms with E-state index in [4.69, 9.17) is 16.3 Å². The fraction of sp³-hybridized carbons (Fsp3) is 0.172. The van der Waals surface area contributed by atoms with E-state index < -0.39 is 0 Å². The third-order valence-electron chi connectivity index (χ3n) is 6.18. The monoisotopic (exact) mass is 498 g/mol. The van der Waals surface area contributed by atoms with Gasteiger partial charge in [-0.15, -0.1) is 0 Å². The van der Waals surface area contributed by atoms with Crippen molar-refractivity contribution in [2.75, 3.05) is 36.4 Å². The Kier molecular flexibility index (Phi) is 7.45. The van der Waals surface area contributed by atoms with Gasteiger partial charge in [-0.1, -0.05) is 23.7 Å². The molecule has 0 saturated carbocycles. The minimum atomic E-state index is -0.140. The fourth-order valence-corrected chi connectivity index (χ4v) is 4.31. The zero-order chi connectivity index (χ0) is 24.7. The van der Waals surface area contributed by atoms with Crippen molar-refractivity contribution in [1.29, 1.82) is 0 Å². The minimum absolute atomic E-state index is 0.140. The number of nitrogens with zero attached hydrogens (tertiary/aromatic N) is 3. The van der Waals surface area contributed by atoms with Crippen LogP contribution >= 0.6 is 11.6 Å². The normalized spacial score (nSPS) is 13.9. The van der Waals surface area contributed by atoms with E-state index in [0.29, 0.717) is 27.8 Å². The summed E-state index contributed by atoms with van der Waals surface area (Å²) in [7, 11) is 0. The number of rotatable bonds is 7. The van der Waals surface area contributed by atoms with Gasteiger partial charge < -0.3 is 15.0 Å². The summed E-state index contributed by atoms with van der Waals surface area (Å²) >= 11 is 5.91. The van der Waals surface area contributed by atoms with Gasteiger partial charge in [-0.05, 0) is 78.4 Å². The molecule has 0 unspecified atom stereocenters. The minimum Gasteiger partial charge on any atom is -0.457 e. The van der Waals surface area contributed by atoms with Crippen LogP contribution in [0.15, 0.2) is 97.3 Å². The van der Waals surface area contributed by atoms with Crippen molar-refractivity contribution < 1.29 is 9.53 Å². The first-order chi connectivity index (χ1) is 17.6. The van der Waals surface area contributed by atoms with Crippen molar-refractivity contribution in [3.05, 3.63) is 113 Å². The fourth-order valence-electron chi connectivity index (χ4n) is 4.19. The lowest BCUT2D eigenvalue weighted by Gasteiger charge is -2.36. The molecule has 2 heterocycles. The zero-order valence-corrected chi connectivity index (χ0v) is 20.6. The summed E-state index contributed by atoms with van der Waals surface area (Å²) in [4.78, 5) is 21.7. The molecule has 0 atom stereocenters. The number of ether oxygens (including phenoxy) is 1. The lowest BCUT2D eigenvalue weighted by molar-refractivity contribution is 0.102. The molecule has 4 aromatic rings. The molecule has 1 aromatic heterocycles. The van der Waals surface area contributed by atoms with Crippen LogP contribution in [0.1, 0.15) is 15.9 Å². The van der Waals surface area contributed by atoms with Crippen molar-refractivity contribution in [3.8, 4) is 11.5 Å². The lowest BCUT2D eigenvalue weighted by Crippen LogP contribution is -2.45. The van der Waals surface area contributed by atoms with E-state index in [1.165, 1.54) is 11.3 Å². The first kappa shape index (κ1) is 23.9. The van der Waals surface area contributed by atoms with Gasteiger partial charge in [-0.25, -0.2) is 0 Å². The molecule has 1 saturated heterocycles. The number of anilines is 2. The molecule has 1 fully saturated rings. The number of carbonyl (C=O) groups is 1. The van der Waals surface area contributed by atoms with Crippen molar-refractivity contribution in [2.24, 2.45) is 0 Å². The molecule has 0 spiro atoms. The molecule has 0 aliphatic carbocycles. The molecule has 36 heavy (non-hydrogen) atoms. The highest BCUT2D eigenvalue weighted by atomic mass is 35.5. The second-order valence-corrected chi connectivity index (χ2v) is 9.14. The molecular formula is C29H27ClN4O2. The van der Waals surface area contributed by atoms with Gasteiger partial charge in [0.15, 0.2) is 0 Å². The number of hydrogen-bond acceptors (Lipinski definition) is 5. The molecule has 0 radical (unpaired) electrons. The van der Waals surface area contributed by atoms with Gasteiger partial charge in [-0.3, -0.25) is 14.7 Å². The highest BCUT2D eigenvalue weighted by molar-refractivity contribution is 6.30. The number of halogens is 1. The van der Waals surface area contributed by atoms with Crippen molar-refractivity contribution >= 4 is 28.9 Å². The SMILES string of the molecule is O=C(Nc1ccc(Oc2ccc(Cl)cc2)cc1)c1ccc(CN2CCN(c3ccncc3)CC2)cc1. The Labute approximate surface area is 216 Å². The third kappa shape index (κ3) is 6.22. The maximum absolute atomic E-state index is 12.7. The van der Waals surface area contributed by atoms with Crippen molar-refractivity contribution in [3.63, 3.8) is 0 Å². The number of hydrogen-bond donors (Lipinski definition) is 1. The predicted octanol–water partition coefficient (Wildman–Crippen LogP) is 6.10. The summed E-state index contributed by atoms with van der Waals surface area (Å²) in [6.45, 7) is 4.87. The number of carbonyl (C=O) groups excluding carboxylic acids is 1. The number of aromatic nitrogens is 1. The van der Waals surface area contributed by atoms with Crippen LogP contribution in [0.3, 0.4) is 0 Å². The van der Waals surface area contributed by atoms with Crippen LogP contribution in [-0.4, -0.2) is 42.0 Å². The summed E-state index contributed by atoms with van der Waals surface area (Å²) in [5, 5.41) is 3.61. The van der Waals surface area contributed by atoms with Crippen LogP contribution in [0.25, 0.3) is 0 Å². The Morgan fingerprint density at radius 3 is 2.06 bits per heavy atom. The van der Waals surface area contributed by atoms with Gasteiger partial charge in [-0.2, -0.15) is 0 Å². The molecule has 6 nitrogen and oxygen atoms in total. The van der Waals surface area contributed by atoms with Crippen LogP contribution in [0.5, 0.6) is 11.5 Å². The first-order valence-corrected chi connectivity index (χ1v) is 12.3. The standard InChI is InChI=1S/C29H27ClN4O2/c30-24-5-9-27(10-6-24)36-28-11-7-25(8-12-28)32-29(35)23-3-1-22(2-4-23)21-33-17-19-34(20-18-33)26-13-15-31-16-14-26/h1-16H,17-21H2,(H,32,35). The highest BCUT2D eigenvalue weighted by Gasteiger charge is 2.17. The van der Waals surface area contributed by atoms with Crippen LogP contribution < -0.4 is 15.0 Å². The van der Waals surface area contributed by atoms with Gasteiger partial charge in [0.1, 0.15) is 11.5 Å². The topological polar surface area (TPSA) is 57.7 Å². The maximum Gasteiger partial charge on any atom is 0.255 e. The van der Waals surface area contributed by atoms with Crippen molar-refractivity contribution in [2.45, 2.75) is 6.54 Å². The lowest BCUT2D eigenvalue weighted by atomic mass is 10.1. The van der Waals surface area contributed by atoms with Gasteiger partial charge in [0, 0.05) is 67.1 Å². The van der Waals surface area contributed by atoms with E-state index in [1.54, 1.807) is 12.1 Å². The third-order valence-corrected chi connectivity index (χ3v) is 6.44. The van der Waals surface area contributed by atoms with Crippen LogP contribution in [0.2, 0.25) is 5.02 Å². The molecule has 182 valence electrons. The second kappa shape index (κ2) is 11.2. The van der Waals surface area contributed by atoms with Gasteiger partial charge in [0.25, 0.3) is 5.91 Å². The smallest absolute Gasteiger partial charge is 0.255 e. The summed E-state index contributed by atoms with van der Waals surface area (Å²) in [6, 6.07) is 26.4. The molecule has 7 heteroatoms. The molecule has 1 aliphatic rings. The quantitative estimate of drug-likeness (QED) is 0.333. The summed E-state index contributed by atoms with van der Waals surface area (Å²) < 4.78 is 5.80. The van der Waals surface area contributed by atoms with E-state index in [1.807, 2.05) is 73.1 Å². The Morgan fingerprint density at radius 1 is 0.806 bits per heavy atom. The second-order valence-electron chi connectivity index (χ2n) is 8.70. The highest BCUT2D eigenvalue weighted by Crippen LogP contribution is 2.24.